The number of fused-ring (bicyclic) bond motifs is 2. The van der Waals surface area contributed by atoms with Crippen molar-refractivity contribution >= 4 is 51.3 Å². The van der Waals surface area contributed by atoms with E-state index in [1.165, 1.54) is 63.9 Å². The molecule has 35 heavy (non-hydrogen) atoms. The molecule has 1 N–H and O–H groups in total. The molecule has 0 unspecified atom stereocenters. The highest BCUT2D eigenvalue weighted by Crippen LogP contribution is 2.39. The maximum absolute atomic E-state index is 12.9. The number of aromatic nitrogens is 3. The van der Waals surface area contributed by atoms with E-state index >= 15 is 0 Å². The number of anilines is 1. The normalized spacial score (nSPS) is 14.9. The van der Waals surface area contributed by atoms with E-state index < -0.39 is 0 Å². The van der Waals surface area contributed by atoms with Crippen LogP contribution in [0.25, 0.3) is 11.4 Å². The summed E-state index contributed by atoms with van der Waals surface area (Å²) in [6.07, 6.45) is 9.67. The Morgan fingerprint density at radius 3 is 2.60 bits per heavy atom. The molecule has 0 saturated carbocycles. The lowest BCUT2D eigenvalue weighted by Gasteiger charge is -2.13. The van der Waals surface area contributed by atoms with Gasteiger partial charge in [-0.25, -0.2) is 4.79 Å². The van der Waals surface area contributed by atoms with Crippen LogP contribution in [0.3, 0.4) is 0 Å². The Morgan fingerprint density at radius 2 is 1.83 bits per heavy atom. The van der Waals surface area contributed by atoms with E-state index in [0.717, 1.165) is 68.0 Å². The van der Waals surface area contributed by atoms with Crippen molar-refractivity contribution in [3.8, 4) is 11.4 Å². The second kappa shape index (κ2) is 10.8. The molecular weight excluding hydrogens is 501 g/mol. The maximum Gasteiger partial charge on any atom is 0.341 e. The Kier molecular flexibility index (Phi) is 7.59. The van der Waals surface area contributed by atoms with Gasteiger partial charge in [0.2, 0.25) is 5.91 Å². The van der Waals surface area contributed by atoms with E-state index in [9.17, 15) is 9.59 Å². The summed E-state index contributed by atoms with van der Waals surface area (Å²) in [5.41, 5.74) is 4.21. The fraction of sp³-hybridized carbons (Fsp3) is 0.520. The van der Waals surface area contributed by atoms with Crippen molar-refractivity contribution in [1.29, 1.82) is 0 Å². The first-order valence-corrected chi connectivity index (χ1v) is 15.0. The van der Waals surface area contributed by atoms with E-state index in [-0.39, 0.29) is 17.6 Å². The average Bonchev–Trinajstić information content (AvgIpc) is 3.57. The number of rotatable bonds is 8. The number of carbonyl (C=O) groups excluding carboxylic acids is 2. The van der Waals surface area contributed by atoms with Crippen molar-refractivity contribution in [2.45, 2.75) is 76.4 Å². The van der Waals surface area contributed by atoms with Crippen LogP contribution >= 0.6 is 34.4 Å². The van der Waals surface area contributed by atoms with Gasteiger partial charge in [-0.1, -0.05) is 18.7 Å². The van der Waals surface area contributed by atoms with Gasteiger partial charge in [0.05, 0.1) is 18.4 Å². The van der Waals surface area contributed by atoms with E-state index in [1.54, 1.807) is 0 Å². The van der Waals surface area contributed by atoms with Crippen molar-refractivity contribution in [3.63, 3.8) is 0 Å². The van der Waals surface area contributed by atoms with Crippen LogP contribution in [-0.2, 0) is 41.8 Å². The lowest BCUT2D eigenvalue weighted by Crippen LogP contribution is -2.17. The fourth-order valence-corrected chi connectivity index (χ4v) is 8.15. The molecule has 0 spiro atoms. The lowest BCUT2D eigenvalue weighted by molar-refractivity contribution is -0.113. The second-order valence-corrected chi connectivity index (χ2v) is 12.0. The highest BCUT2D eigenvalue weighted by molar-refractivity contribution is 7.99. The predicted octanol–water partition coefficient (Wildman–Crippen LogP) is 5.75. The molecule has 5 rings (SSSR count). The zero-order valence-electron chi connectivity index (χ0n) is 20.1. The average molecular weight is 531 g/mol. The van der Waals surface area contributed by atoms with Crippen LogP contribution in [0.1, 0.15) is 70.3 Å². The summed E-state index contributed by atoms with van der Waals surface area (Å²) in [6.45, 7) is 2.95. The minimum absolute atomic E-state index is 0.153. The molecule has 0 fully saturated rings. The number of ether oxygens (including phenoxy) is 1. The molecule has 0 bridgehead atoms. The summed E-state index contributed by atoms with van der Waals surface area (Å²) in [7, 11) is 1.39. The Balaban J connectivity index is 1.32. The van der Waals surface area contributed by atoms with Gasteiger partial charge < -0.3 is 14.6 Å². The van der Waals surface area contributed by atoms with Crippen molar-refractivity contribution in [3.05, 3.63) is 31.8 Å². The third-order valence-corrected chi connectivity index (χ3v) is 9.88. The predicted molar refractivity (Wildman–Crippen MR) is 142 cm³/mol. The van der Waals surface area contributed by atoms with Gasteiger partial charge in [0.15, 0.2) is 11.0 Å². The molecule has 2 aliphatic carbocycles. The molecule has 2 aliphatic rings. The summed E-state index contributed by atoms with van der Waals surface area (Å²) in [4.78, 5) is 28.1. The number of nitrogens with zero attached hydrogens (tertiary/aromatic N) is 3. The number of carbonyl (C=O) groups is 2. The van der Waals surface area contributed by atoms with Crippen LogP contribution in [0, 0.1) is 0 Å². The van der Waals surface area contributed by atoms with Crippen LogP contribution in [0.15, 0.2) is 10.5 Å². The molecule has 3 heterocycles. The first kappa shape index (κ1) is 24.5. The number of amides is 1. The summed E-state index contributed by atoms with van der Waals surface area (Å²) < 4.78 is 7.17. The molecule has 0 aliphatic heterocycles. The summed E-state index contributed by atoms with van der Waals surface area (Å²) >= 11 is 4.73. The lowest BCUT2D eigenvalue weighted by atomic mass is 9.95. The van der Waals surface area contributed by atoms with Crippen LogP contribution in [0.2, 0.25) is 0 Å². The van der Waals surface area contributed by atoms with Crippen LogP contribution < -0.4 is 5.32 Å². The first-order valence-electron chi connectivity index (χ1n) is 12.3. The molecule has 3 aromatic rings. The number of methoxy groups -OCH3 is 1. The number of aryl methyl sites for hydroxylation is 2. The van der Waals surface area contributed by atoms with E-state index in [4.69, 9.17) is 4.74 Å². The van der Waals surface area contributed by atoms with Crippen molar-refractivity contribution in [1.82, 2.24) is 14.8 Å². The standard InChI is InChI=1S/C25H30N4O3S3/c1-3-12-29-22(17-13-33-18-10-6-4-8-15(17)18)27-28-25(29)34-14-20(30)26-23-21(24(31)32-2)16-9-5-7-11-19(16)35-23/h13H,3-12,14H2,1-2H3,(H,26,30). The third-order valence-electron chi connectivity index (χ3n) is 6.61. The van der Waals surface area contributed by atoms with Gasteiger partial charge in [0, 0.05) is 27.2 Å². The Hall–Kier alpha value is -2.17. The molecule has 0 atom stereocenters. The van der Waals surface area contributed by atoms with Crippen molar-refractivity contribution in [2.24, 2.45) is 0 Å². The Bertz CT molecular complexity index is 1240. The minimum Gasteiger partial charge on any atom is -0.465 e. The number of thioether (sulfide) groups is 1. The number of hydrogen-bond donors (Lipinski definition) is 1. The number of esters is 1. The third kappa shape index (κ3) is 4.93. The zero-order valence-corrected chi connectivity index (χ0v) is 22.6. The molecule has 0 aromatic carbocycles. The molecule has 3 aromatic heterocycles. The Morgan fingerprint density at radius 1 is 1.09 bits per heavy atom. The monoisotopic (exact) mass is 530 g/mol. The highest BCUT2D eigenvalue weighted by atomic mass is 32.2. The van der Waals surface area contributed by atoms with Crippen molar-refractivity contribution < 1.29 is 14.3 Å². The molecule has 10 heteroatoms. The van der Waals surface area contributed by atoms with Crippen LogP contribution in [-0.4, -0.2) is 39.5 Å². The molecule has 186 valence electrons. The molecule has 0 saturated heterocycles. The van der Waals surface area contributed by atoms with Crippen LogP contribution in [0.4, 0.5) is 5.00 Å². The topological polar surface area (TPSA) is 86.1 Å². The van der Waals surface area contributed by atoms with Gasteiger partial charge in [-0.3, -0.25) is 4.79 Å². The van der Waals surface area contributed by atoms with Gasteiger partial charge in [-0.2, -0.15) is 0 Å². The molecule has 1 amide bonds. The molecule has 7 nitrogen and oxygen atoms in total. The van der Waals surface area contributed by atoms with Crippen molar-refractivity contribution in [2.75, 3.05) is 18.2 Å². The number of hydrogen-bond acceptors (Lipinski definition) is 8. The van der Waals surface area contributed by atoms with Gasteiger partial charge in [-0.05, 0) is 68.9 Å². The second-order valence-electron chi connectivity index (χ2n) is 8.96. The Labute approximate surface area is 217 Å². The zero-order chi connectivity index (χ0) is 24.4. The SMILES string of the molecule is CCCn1c(SCC(=O)Nc2sc3c(c2C(=O)OC)CCCC3)nnc1-c1csc2c1CCCC2. The van der Waals surface area contributed by atoms with E-state index in [2.05, 4.69) is 32.4 Å². The molecular formula is C25H30N4O3S3. The number of thiophene rings is 2. The summed E-state index contributed by atoms with van der Waals surface area (Å²) in [5, 5.41) is 15.6. The number of nitrogens with one attached hydrogen (secondary N) is 1. The van der Waals surface area contributed by atoms with Gasteiger partial charge in [0.1, 0.15) is 5.00 Å². The fourth-order valence-electron chi connectivity index (χ4n) is 4.97. The molecule has 0 radical (unpaired) electrons. The smallest absolute Gasteiger partial charge is 0.341 e. The minimum atomic E-state index is -0.376. The van der Waals surface area contributed by atoms with Gasteiger partial charge in [-0.15, -0.1) is 32.9 Å². The first-order chi connectivity index (χ1) is 17.1. The van der Waals surface area contributed by atoms with Gasteiger partial charge >= 0.3 is 5.97 Å². The van der Waals surface area contributed by atoms with Crippen LogP contribution in [0.5, 0.6) is 0 Å². The maximum atomic E-state index is 12.9. The summed E-state index contributed by atoms with van der Waals surface area (Å²) in [6, 6.07) is 0. The summed E-state index contributed by atoms with van der Waals surface area (Å²) in [5.74, 6) is 0.582. The van der Waals surface area contributed by atoms with Gasteiger partial charge in [0.25, 0.3) is 0 Å². The largest absolute Gasteiger partial charge is 0.465 e. The van der Waals surface area contributed by atoms with E-state index in [1.807, 2.05) is 11.3 Å². The quantitative estimate of drug-likeness (QED) is 0.295. The van der Waals surface area contributed by atoms with E-state index in [0.29, 0.717) is 10.6 Å². The highest BCUT2D eigenvalue weighted by Gasteiger charge is 2.27.